The lowest BCUT2D eigenvalue weighted by Crippen LogP contribution is -2.34. The lowest BCUT2D eigenvalue weighted by Gasteiger charge is -2.29. The zero-order valence-corrected chi connectivity index (χ0v) is 14.7. The molecule has 2 aliphatic carbocycles. The van der Waals surface area contributed by atoms with Gasteiger partial charge in [-0.25, -0.2) is 4.68 Å². The first-order chi connectivity index (χ1) is 12.2. The monoisotopic (exact) mass is 356 g/mol. The van der Waals surface area contributed by atoms with E-state index < -0.39 is 5.54 Å². The van der Waals surface area contributed by atoms with Crippen molar-refractivity contribution in [2.45, 2.75) is 56.5 Å². The zero-order chi connectivity index (χ0) is 17.3. The van der Waals surface area contributed by atoms with Crippen LogP contribution in [-0.2, 0) is 5.54 Å². The highest BCUT2D eigenvalue weighted by molar-refractivity contribution is 7.11. The Balaban J connectivity index is 1.59. The van der Waals surface area contributed by atoms with E-state index >= 15 is 0 Å². The van der Waals surface area contributed by atoms with Crippen molar-refractivity contribution in [3.05, 3.63) is 28.5 Å². The first-order valence-corrected chi connectivity index (χ1v) is 9.63. The van der Waals surface area contributed by atoms with Gasteiger partial charge < -0.3 is 5.32 Å². The van der Waals surface area contributed by atoms with Gasteiger partial charge in [-0.05, 0) is 31.6 Å². The first-order valence-electron chi connectivity index (χ1n) is 8.75. The van der Waals surface area contributed by atoms with Gasteiger partial charge in [0.1, 0.15) is 10.6 Å². The summed E-state index contributed by atoms with van der Waals surface area (Å²) in [5.41, 5.74) is 1.89. The topological polar surface area (TPSA) is 96.5 Å². The van der Waals surface area contributed by atoms with E-state index in [1.807, 2.05) is 6.20 Å². The number of rotatable bonds is 5. The Kier molecular flexibility index (Phi) is 4.25. The van der Waals surface area contributed by atoms with Crippen LogP contribution in [0.25, 0.3) is 0 Å². The molecule has 7 nitrogen and oxygen atoms in total. The van der Waals surface area contributed by atoms with Crippen LogP contribution in [0.15, 0.2) is 17.9 Å². The van der Waals surface area contributed by atoms with Crippen LogP contribution in [0.5, 0.6) is 0 Å². The van der Waals surface area contributed by atoms with Crippen molar-refractivity contribution in [1.82, 2.24) is 25.3 Å². The van der Waals surface area contributed by atoms with E-state index in [9.17, 15) is 10.1 Å². The molecule has 0 saturated heterocycles. The van der Waals surface area contributed by atoms with Crippen LogP contribution in [0, 0.1) is 17.2 Å². The number of hydrogen-bond donors (Lipinski definition) is 1. The minimum Gasteiger partial charge on any atom is -0.342 e. The predicted octanol–water partition coefficient (Wildman–Crippen LogP) is 2.80. The second kappa shape index (κ2) is 6.56. The van der Waals surface area contributed by atoms with E-state index in [1.165, 1.54) is 30.6 Å². The fraction of sp³-hybridized carbons (Fsp3) is 0.588. The van der Waals surface area contributed by atoms with E-state index in [2.05, 4.69) is 26.7 Å². The van der Waals surface area contributed by atoms with Crippen LogP contribution >= 0.6 is 11.3 Å². The quantitative estimate of drug-likeness (QED) is 0.888. The molecule has 2 fully saturated rings. The number of carbonyl (C=O) groups is 1. The van der Waals surface area contributed by atoms with Crippen LogP contribution in [-0.4, -0.2) is 25.9 Å². The number of hydrogen-bond acceptors (Lipinski definition) is 6. The van der Waals surface area contributed by atoms with Crippen molar-refractivity contribution in [3.8, 4) is 6.07 Å². The normalized spacial score (nSPS) is 20.6. The SMILES string of the molecule is N#CC1(n2cc([C@@H](NC(=O)c3cncs3)C3CCCCC3)nn2)CC1. The summed E-state index contributed by atoms with van der Waals surface area (Å²) in [4.78, 5) is 17.1. The Morgan fingerprint density at radius 3 is 2.84 bits per heavy atom. The molecule has 0 bridgehead atoms. The second-order valence-corrected chi connectivity index (χ2v) is 7.83. The Labute approximate surface area is 150 Å². The molecule has 2 aromatic heterocycles. The molecule has 0 spiro atoms. The largest absolute Gasteiger partial charge is 0.342 e. The molecule has 1 amide bonds. The maximum absolute atomic E-state index is 12.6. The Bertz CT molecular complexity index is 782. The third kappa shape index (κ3) is 3.16. The average Bonchev–Trinajstić information content (AvgIpc) is 3.05. The molecule has 1 N–H and O–H groups in total. The molecular formula is C17H20N6OS. The van der Waals surface area contributed by atoms with Gasteiger partial charge in [-0.2, -0.15) is 5.26 Å². The van der Waals surface area contributed by atoms with Gasteiger partial charge in [-0.15, -0.1) is 16.4 Å². The number of amides is 1. The summed E-state index contributed by atoms with van der Waals surface area (Å²) in [6.07, 6.45) is 10.8. The molecule has 2 heterocycles. The van der Waals surface area contributed by atoms with Crippen molar-refractivity contribution in [1.29, 1.82) is 5.26 Å². The number of aromatic nitrogens is 4. The molecule has 1 atom stereocenters. The summed E-state index contributed by atoms with van der Waals surface area (Å²) in [6, 6.07) is 2.16. The molecule has 2 saturated carbocycles. The van der Waals surface area contributed by atoms with Crippen molar-refractivity contribution in [2.24, 2.45) is 5.92 Å². The third-order valence-corrected chi connectivity index (χ3v) is 6.04. The van der Waals surface area contributed by atoms with Gasteiger partial charge in [-0.3, -0.25) is 9.78 Å². The van der Waals surface area contributed by atoms with E-state index in [0.717, 1.165) is 31.4 Å². The van der Waals surface area contributed by atoms with Gasteiger partial charge in [0.2, 0.25) is 0 Å². The summed E-state index contributed by atoms with van der Waals surface area (Å²) in [7, 11) is 0. The predicted molar refractivity (Wildman–Crippen MR) is 91.7 cm³/mol. The number of thiazole rings is 1. The molecule has 0 unspecified atom stereocenters. The van der Waals surface area contributed by atoms with E-state index in [1.54, 1.807) is 16.4 Å². The Hall–Kier alpha value is -2.27. The van der Waals surface area contributed by atoms with Crippen LogP contribution in [0.3, 0.4) is 0 Å². The molecule has 2 aromatic rings. The maximum Gasteiger partial charge on any atom is 0.263 e. The number of carbonyl (C=O) groups excluding carboxylic acids is 1. The van der Waals surface area contributed by atoms with Gasteiger partial charge in [0.15, 0.2) is 5.54 Å². The summed E-state index contributed by atoms with van der Waals surface area (Å²) < 4.78 is 1.68. The highest BCUT2D eigenvalue weighted by Crippen LogP contribution is 2.42. The smallest absolute Gasteiger partial charge is 0.263 e. The van der Waals surface area contributed by atoms with E-state index in [-0.39, 0.29) is 11.9 Å². The molecule has 130 valence electrons. The van der Waals surface area contributed by atoms with Gasteiger partial charge in [0.25, 0.3) is 5.91 Å². The molecule has 2 aliphatic rings. The number of nitriles is 1. The molecule has 4 rings (SSSR count). The third-order valence-electron chi connectivity index (χ3n) is 5.26. The molecule has 0 aliphatic heterocycles. The highest BCUT2D eigenvalue weighted by atomic mass is 32.1. The van der Waals surface area contributed by atoms with Crippen molar-refractivity contribution in [2.75, 3.05) is 0 Å². The first kappa shape index (κ1) is 16.2. The fourth-order valence-corrected chi connectivity index (χ4v) is 4.10. The maximum atomic E-state index is 12.6. The summed E-state index contributed by atoms with van der Waals surface area (Å²) in [5.74, 6) is 0.238. The minimum atomic E-state index is -0.524. The molecule has 0 radical (unpaired) electrons. The standard InChI is InChI=1S/C17H20N6OS/c18-10-17(6-7-17)23-9-13(21-22-23)15(12-4-2-1-3-5-12)20-16(24)14-8-19-11-25-14/h8-9,11-12,15H,1-7H2,(H,20,24)/t15-/m0/s1. The van der Waals surface area contributed by atoms with Crippen molar-refractivity contribution in [3.63, 3.8) is 0 Å². The second-order valence-electron chi connectivity index (χ2n) is 6.95. The summed E-state index contributed by atoms with van der Waals surface area (Å²) in [6.45, 7) is 0. The Morgan fingerprint density at radius 2 is 2.20 bits per heavy atom. The minimum absolute atomic E-state index is 0.117. The van der Waals surface area contributed by atoms with Gasteiger partial charge in [0, 0.05) is 0 Å². The number of nitrogens with one attached hydrogen (secondary N) is 1. The summed E-state index contributed by atoms with van der Waals surface area (Å²) >= 11 is 1.33. The van der Waals surface area contributed by atoms with Crippen LogP contribution in [0.2, 0.25) is 0 Å². The van der Waals surface area contributed by atoms with Gasteiger partial charge in [-0.1, -0.05) is 24.5 Å². The molecule has 8 heteroatoms. The van der Waals surface area contributed by atoms with Gasteiger partial charge >= 0.3 is 0 Å². The summed E-state index contributed by atoms with van der Waals surface area (Å²) in [5, 5.41) is 21.0. The lowest BCUT2D eigenvalue weighted by molar-refractivity contribution is 0.0915. The van der Waals surface area contributed by atoms with Crippen molar-refractivity contribution >= 4 is 17.2 Å². The Morgan fingerprint density at radius 1 is 1.40 bits per heavy atom. The average molecular weight is 356 g/mol. The lowest BCUT2D eigenvalue weighted by atomic mass is 9.82. The molecule has 25 heavy (non-hydrogen) atoms. The van der Waals surface area contributed by atoms with Gasteiger partial charge in [0.05, 0.1) is 30.0 Å². The van der Waals surface area contributed by atoms with Crippen molar-refractivity contribution < 1.29 is 4.79 Å². The fourth-order valence-electron chi connectivity index (χ4n) is 3.58. The zero-order valence-electron chi connectivity index (χ0n) is 13.9. The van der Waals surface area contributed by atoms with Crippen LogP contribution in [0.1, 0.15) is 66.4 Å². The van der Waals surface area contributed by atoms with E-state index in [0.29, 0.717) is 10.8 Å². The van der Waals surface area contributed by atoms with E-state index in [4.69, 9.17) is 0 Å². The molecular weight excluding hydrogens is 336 g/mol. The molecule has 0 aromatic carbocycles. The highest BCUT2D eigenvalue weighted by Gasteiger charge is 2.47. The number of nitrogens with zero attached hydrogens (tertiary/aromatic N) is 5. The van der Waals surface area contributed by atoms with Crippen LogP contribution in [0.4, 0.5) is 0 Å². The van der Waals surface area contributed by atoms with Crippen LogP contribution < -0.4 is 5.32 Å².